The zero-order valence-electron chi connectivity index (χ0n) is 13.5. The second-order valence-electron chi connectivity index (χ2n) is 5.90. The average molecular weight is 326 g/mol. The van der Waals surface area contributed by atoms with Crippen LogP contribution >= 0.6 is 0 Å². The molecule has 1 aliphatic heterocycles. The topological polar surface area (TPSA) is 49.4 Å². The van der Waals surface area contributed by atoms with Gasteiger partial charge >= 0.3 is 0 Å². The minimum atomic E-state index is -0.271. The number of fused-ring (bicyclic) bond motifs is 1. The molecule has 2 aromatic carbocycles. The summed E-state index contributed by atoms with van der Waals surface area (Å²) in [5.74, 6) is -0.413. The van der Waals surface area contributed by atoms with Crippen molar-refractivity contribution in [2.45, 2.75) is 19.8 Å². The van der Waals surface area contributed by atoms with Gasteiger partial charge < -0.3 is 10.2 Å². The molecule has 5 heteroatoms. The predicted octanol–water partition coefficient (Wildman–Crippen LogP) is 2.71. The summed E-state index contributed by atoms with van der Waals surface area (Å²) in [4.78, 5) is 25.5. The van der Waals surface area contributed by atoms with Gasteiger partial charge in [-0.2, -0.15) is 0 Å². The van der Waals surface area contributed by atoms with E-state index in [2.05, 4.69) is 5.32 Å². The molecule has 0 unspecified atom stereocenters. The van der Waals surface area contributed by atoms with Crippen LogP contribution in [0.4, 0.5) is 10.1 Å². The van der Waals surface area contributed by atoms with E-state index in [0.29, 0.717) is 25.1 Å². The lowest BCUT2D eigenvalue weighted by atomic mass is 10.1. The number of benzene rings is 2. The Labute approximate surface area is 140 Å². The van der Waals surface area contributed by atoms with Crippen molar-refractivity contribution in [3.63, 3.8) is 0 Å². The first kappa shape index (κ1) is 16.2. The maximum absolute atomic E-state index is 13.1. The number of hydrogen-bond acceptors (Lipinski definition) is 2. The normalized spacial score (nSPS) is 12.8. The Morgan fingerprint density at radius 2 is 2.04 bits per heavy atom. The van der Waals surface area contributed by atoms with E-state index in [1.807, 2.05) is 18.2 Å². The number of rotatable bonds is 4. The SMILES string of the molecule is CC(=O)N1CCc2cc(C(=O)NCCc3cccc(F)c3)ccc21. The number of carbonyl (C=O) groups excluding carboxylic acids is 2. The van der Waals surface area contributed by atoms with E-state index < -0.39 is 0 Å². The summed E-state index contributed by atoms with van der Waals surface area (Å²) in [5.41, 5.74) is 3.33. The Kier molecular flexibility index (Phi) is 4.60. The van der Waals surface area contributed by atoms with Gasteiger partial charge in [-0.25, -0.2) is 4.39 Å². The van der Waals surface area contributed by atoms with Gasteiger partial charge in [0.2, 0.25) is 5.91 Å². The number of carbonyl (C=O) groups is 2. The number of anilines is 1. The molecule has 0 saturated heterocycles. The Morgan fingerprint density at radius 1 is 1.21 bits per heavy atom. The molecule has 0 fully saturated rings. The number of amides is 2. The number of halogens is 1. The summed E-state index contributed by atoms with van der Waals surface area (Å²) in [6.07, 6.45) is 1.34. The van der Waals surface area contributed by atoms with Crippen LogP contribution in [-0.2, 0) is 17.6 Å². The van der Waals surface area contributed by atoms with E-state index in [1.165, 1.54) is 12.1 Å². The smallest absolute Gasteiger partial charge is 0.251 e. The van der Waals surface area contributed by atoms with Gasteiger partial charge in [0, 0.05) is 31.3 Å². The summed E-state index contributed by atoms with van der Waals surface area (Å²) in [7, 11) is 0. The molecule has 4 nitrogen and oxygen atoms in total. The third-order valence-electron chi connectivity index (χ3n) is 4.21. The van der Waals surface area contributed by atoms with Gasteiger partial charge in [-0.15, -0.1) is 0 Å². The highest BCUT2D eigenvalue weighted by atomic mass is 19.1. The van der Waals surface area contributed by atoms with Crippen molar-refractivity contribution in [1.82, 2.24) is 5.32 Å². The van der Waals surface area contributed by atoms with Crippen LogP contribution in [0.15, 0.2) is 42.5 Å². The summed E-state index contributed by atoms with van der Waals surface area (Å²) in [6.45, 7) is 2.65. The zero-order chi connectivity index (χ0) is 17.1. The minimum Gasteiger partial charge on any atom is -0.352 e. The maximum atomic E-state index is 13.1. The first-order valence-corrected chi connectivity index (χ1v) is 7.98. The molecule has 2 aromatic rings. The first-order chi connectivity index (χ1) is 11.5. The summed E-state index contributed by atoms with van der Waals surface area (Å²) >= 11 is 0. The van der Waals surface area contributed by atoms with Crippen LogP contribution in [0.5, 0.6) is 0 Å². The van der Waals surface area contributed by atoms with Gasteiger partial charge in [0.25, 0.3) is 5.91 Å². The number of nitrogens with zero attached hydrogens (tertiary/aromatic N) is 1. The molecular weight excluding hydrogens is 307 g/mol. The second kappa shape index (κ2) is 6.83. The quantitative estimate of drug-likeness (QED) is 0.939. The van der Waals surface area contributed by atoms with Gasteiger partial charge in [-0.3, -0.25) is 9.59 Å². The summed E-state index contributed by atoms with van der Waals surface area (Å²) in [5, 5.41) is 2.85. The highest BCUT2D eigenvalue weighted by molar-refractivity contribution is 5.97. The summed E-state index contributed by atoms with van der Waals surface area (Å²) < 4.78 is 13.1. The van der Waals surface area contributed by atoms with Crippen LogP contribution < -0.4 is 10.2 Å². The lowest BCUT2D eigenvalue weighted by Crippen LogP contribution is -2.26. The molecule has 1 N–H and O–H groups in total. The minimum absolute atomic E-state index is 0.0149. The van der Waals surface area contributed by atoms with Gasteiger partial charge in [0.05, 0.1) is 0 Å². The Balaban J connectivity index is 1.61. The van der Waals surface area contributed by atoms with Gasteiger partial charge in [0.1, 0.15) is 5.82 Å². The van der Waals surface area contributed by atoms with Crippen LogP contribution in [0, 0.1) is 5.82 Å². The van der Waals surface area contributed by atoms with Crippen molar-refractivity contribution in [1.29, 1.82) is 0 Å². The second-order valence-corrected chi connectivity index (χ2v) is 5.90. The number of hydrogen-bond donors (Lipinski definition) is 1. The molecule has 0 aliphatic carbocycles. The van der Waals surface area contributed by atoms with E-state index in [1.54, 1.807) is 24.0 Å². The van der Waals surface area contributed by atoms with Crippen molar-refractivity contribution in [3.8, 4) is 0 Å². The van der Waals surface area contributed by atoms with Crippen LogP contribution in [0.3, 0.4) is 0 Å². The molecule has 0 saturated carbocycles. The van der Waals surface area contributed by atoms with Crippen LogP contribution in [0.2, 0.25) is 0 Å². The number of nitrogens with one attached hydrogen (secondary N) is 1. The molecular formula is C19H19FN2O2. The van der Waals surface area contributed by atoms with Crippen molar-refractivity contribution < 1.29 is 14.0 Å². The molecule has 3 rings (SSSR count). The Morgan fingerprint density at radius 3 is 2.79 bits per heavy atom. The van der Waals surface area contributed by atoms with Crippen molar-refractivity contribution in [2.24, 2.45) is 0 Å². The highest BCUT2D eigenvalue weighted by Crippen LogP contribution is 2.28. The molecule has 1 aliphatic rings. The molecule has 0 aromatic heterocycles. The van der Waals surface area contributed by atoms with Gasteiger partial charge in [-0.05, 0) is 54.3 Å². The van der Waals surface area contributed by atoms with Crippen LogP contribution in [0.1, 0.15) is 28.4 Å². The van der Waals surface area contributed by atoms with Crippen LogP contribution in [0.25, 0.3) is 0 Å². The fourth-order valence-electron chi connectivity index (χ4n) is 2.98. The van der Waals surface area contributed by atoms with Crippen molar-refractivity contribution in [3.05, 3.63) is 65.0 Å². The van der Waals surface area contributed by atoms with Crippen LogP contribution in [-0.4, -0.2) is 24.9 Å². The molecule has 0 bridgehead atoms. The summed E-state index contributed by atoms with van der Waals surface area (Å²) in [6, 6.07) is 11.8. The van der Waals surface area contributed by atoms with E-state index in [-0.39, 0.29) is 17.6 Å². The van der Waals surface area contributed by atoms with Gasteiger partial charge in [0.15, 0.2) is 0 Å². The molecule has 1 heterocycles. The van der Waals surface area contributed by atoms with Crippen molar-refractivity contribution >= 4 is 17.5 Å². The Bertz CT molecular complexity index is 789. The molecule has 0 radical (unpaired) electrons. The molecule has 2 amide bonds. The van der Waals surface area contributed by atoms with E-state index in [4.69, 9.17) is 0 Å². The molecule has 0 atom stereocenters. The van der Waals surface area contributed by atoms with E-state index >= 15 is 0 Å². The van der Waals surface area contributed by atoms with Gasteiger partial charge in [-0.1, -0.05) is 12.1 Å². The van der Waals surface area contributed by atoms with E-state index in [0.717, 1.165) is 23.2 Å². The largest absolute Gasteiger partial charge is 0.352 e. The van der Waals surface area contributed by atoms with E-state index in [9.17, 15) is 14.0 Å². The average Bonchev–Trinajstić information content (AvgIpc) is 2.98. The Hall–Kier alpha value is -2.69. The lowest BCUT2D eigenvalue weighted by Gasteiger charge is -2.14. The first-order valence-electron chi connectivity index (χ1n) is 7.98. The molecule has 24 heavy (non-hydrogen) atoms. The molecule has 124 valence electrons. The monoisotopic (exact) mass is 326 g/mol. The third-order valence-corrected chi connectivity index (χ3v) is 4.21. The zero-order valence-corrected chi connectivity index (χ0v) is 13.5. The van der Waals surface area contributed by atoms with Crippen molar-refractivity contribution in [2.75, 3.05) is 18.0 Å². The maximum Gasteiger partial charge on any atom is 0.251 e. The standard InChI is InChI=1S/C19H19FN2O2/c1-13(23)22-10-8-15-12-16(5-6-18(15)22)19(24)21-9-7-14-3-2-4-17(20)11-14/h2-6,11-12H,7-10H2,1H3,(H,21,24). The highest BCUT2D eigenvalue weighted by Gasteiger charge is 2.22. The lowest BCUT2D eigenvalue weighted by molar-refractivity contribution is -0.116. The predicted molar refractivity (Wildman–Crippen MR) is 90.6 cm³/mol. The molecule has 0 spiro atoms. The third kappa shape index (κ3) is 3.45. The fraction of sp³-hybridized carbons (Fsp3) is 0.263. The fourth-order valence-corrected chi connectivity index (χ4v) is 2.98.